The molecule has 0 amide bonds. The van der Waals surface area contributed by atoms with Crippen LogP contribution in [-0.4, -0.2) is 16.5 Å². The lowest BCUT2D eigenvalue weighted by atomic mass is 10.4. The van der Waals surface area contributed by atoms with Crippen LogP contribution in [0.4, 0.5) is 5.69 Å². The van der Waals surface area contributed by atoms with E-state index < -0.39 is 0 Å². The number of hydrogen-bond acceptors (Lipinski definition) is 3. The summed E-state index contributed by atoms with van der Waals surface area (Å²) in [5.41, 5.74) is 7.29. The Bertz CT molecular complexity index is 184. The Kier molecular flexibility index (Phi) is 2.00. The standard InChI is InChI=1S/C5H9N3S/c1-9-3-5-4(6)2-7-8-5/h2H,3,6H2,1H3,(H,7,8). The maximum atomic E-state index is 5.52. The van der Waals surface area contributed by atoms with Crippen molar-refractivity contribution in [2.45, 2.75) is 5.75 Å². The fourth-order valence-electron chi connectivity index (χ4n) is 0.582. The molecule has 0 saturated carbocycles. The first kappa shape index (κ1) is 6.48. The van der Waals surface area contributed by atoms with E-state index >= 15 is 0 Å². The third-order valence-corrected chi connectivity index (χ3v) is 1.62. The molecule has 0 radical (unpaired) electrons. The zero-order valence-electron chi connectivity index (χ0n) is 5.22. The summed E-state index contributed by atoms with van der Waals surface area (Å²) >= 11 is 1.72. The Balaban J connectivity index is 2.69. The first-order chi connectivity index (χ1) is 4.34. The van der Waals surface area contributed by atoms with Crippen molar-refractivity contribution in [2.24, 2.45) is 0 Å². The molecule has 1 aromatic rings. The van der Waals surface area contributed by atoms with E-state index in [1.54, 1.807) is 18.0 Å². The molecule has 0 aromatic carbocycles. The van der Waals surface area contributed by atoms with Gasteiger partial charge < -0.3 is 5.73 Å². The summed E-state index contributed by atoms with van der Waals surface area (Å²) in [5, 5.41) is 6.59. The Labute approximate surface area is 58.0 Å². The van der Waals surface area contributed by atoms with Gasteiger partial charge in [-0.15, -0.1) is 0 Å². The number of aromatic amines is 1. The highest BCUT2D eigenvalue weighted by Crippen LogP contribution is 2.11. The number of H-pyrrole nitrogens is 1. The van der Waals surface area contributed by atoms with Gasteiger partial charge >= 0.3 is 0 Å². The summed E-state index contributed by atoms with van der Waals surface area (Å²) in [4.78, 5) is 0. The summed E-state index contributed by atoms with van der Waals surface area (Å²) in [7, 11) is 0. The molecule has 0 saturated heterocycles. The van der Waals surface area contributed by atoms with Crippen LogP contribution in [0.3, 0.4) is 0 Å². The second kappa shape index (κ2) is 2.77. The van der Waals surface area contributed by atoms with Crippen LogP contribution in [0.25, 0.3) is 0 Å². The van der Waals surface area contributed by atoms with Gasteiger partial charge in [0.05, 0.1) is 17.6 Å². The number of nitrogens with two attached hydrogens (primary N) is 1. The molecule has 3 nitrogen and oxygen atoms in total. The maximum absolute atomic E-state index is 5.52. The molecular formula is C5H9N3S. The fraction of sp³-hybridized carbons (Fsp3) is 0.400. The van der Waals surface area contributed by atoms with Crippen molar-refractivity contribution in [2.75, 3.05) is 12.0 Å². The fourth-order valence-corrected chi connectivity index (χ4v) is 1.10. The molecule has 3 N–H and O–H groups in total. The van der Waals surface area contributed by atoms with Gasteiger partial charge in [0.25, 0.3) is 0 Å². The van der Waals surface area contributed by atoms with Crippen molar-refractivity contribution in [1.29, 1.82) is 0 Å². The highest BCUT2D eigenvalue weighted by atomic mass is 32.2. The first-order valence-corrected chi connectivity index (χ1v) is 4.00. The molecule has 9 heavy (non-hydrogen) atoms. The van der Waals surface area contributed by atoms with E-state index in [9.17, 15) is 0 Å². The monoisotopic (exact) mass is 143 g/mol. The van der Waals surface area contributed by atoms with E-state index in [-0.39, 0.29) is 0 Å². The number of rotatable bonds is 2. The van der Waals surface area contributed by atoms with Crippen LogP contribution in [0.15, 0.2) is 6.20 Å². The van der Waals surface area contributed by atoms with Gasteiger partial charge in [-0.25, -0.2) is 0 Å². The predicted molar refractivity (Wildman–Crippen MR) is 40.2 cm³/mol. The van der Waals surface area contributed by atoms with Crippen molar-refractivity contribution in [1.82, 2.24) is 10.2 Å². The minimum absolute atomic E-state index is 0.754. The van der Waals surface area contributed by atoms with Crippen molar-refractivity contribution >= 4 is 17.4 Å². The predicted octanol–water partition coefficient (Wildman–Crippen LogP) is 0.855. The molecule has 0 bridgehead atoms. The summed E-state index contributed by atoms with van der Waals surface area (Å²) in [5.74, 6) is 0.909. The van der Waals surface area contributed by atoms with E-state index in [0.717, 1.165) is 17.1 Å². The lowest BCUT2D eigenvalue weighted by molar-refractivity contribution is 1.04. The molecule has 0 unspecified atom stereocenters. The lowest BCUT2D eigenvalue weighted by Crippen LogP contribution is -1.88. The molecule has 0 aliphatic heterocycles. The van der Waals surface area contributed by atoms with Crippen LogP contribution in [0, 0.1) is 0 Å². The Morgan fingerprint density at radius 3 is 3.11 bits per heavy atom. The number of nitrogens with one attached hydrogen (secondary N) is 1. The molecular weight excluding hydrogens is 134 g/mol. The summed E-state index contributed by atoms with van der Waals surface area (Å²) < 4.78 is 0. The van der Waals surface area contributed by atoms with Crippen LogP contribution >= 0.6 is 11.8 Å². The van der Waals surface area contributed by atoms with E-state index in [0.29, 0.717) is 0 Å². The Hall–Kier alpha value is -0.640. The van der Waals surface area contributed by atoms with Crippen LogP contribution in [-0.2, 0) is 5.75 Å². The summed E-state index contributed by atoms with van der Waals surface area (Å²) in [6.45, 7) is 0. The Morgan fingerprint density at radius 2 is 2.67 bits per heavy atom. The lowest BCUT2D eigenvalue weighted by Gasteiger charge is -1.91. The van der Waals surface area contributed by atoms with Crippen molar-refractivity contribution < 1.29 is 0 Å². The third-order valence-electron chi connectivity index (χ3n) is 1.04. The topological polar surface area (TPSA) is 54.7 Å². The summed E-state index contributed by atoms with van der Waals surface area (Å²) in [6.07, 6.45) is 3.66. The number of aromatic nitrogens is 2. The quantitative estimate of drug-likeness (QED) is 0.645. The van der Waals surface area contributed by atoms with E-state index in [2.05, 4.69) is 10.2 Å². The molecule has 4 heteroatoms. The van der Waals surface area contributed by atoms with Crippen LogP contribution in [0.1, 0.15) is 5.69 Å². The highest BCUT2D eigenvalue weighted by molar-refractivity contribution is 7.97. The molecule has 1 heterocycles. The Morgan fingerprint density at radius 1 is 1.89 bits per heavy atom. The van der Waals surface area contributed by atoms with Crippen molar-refractivity contribution in [3.8, 4) is 0 Å². The molecule has 0 fully saturated rings. The van der Waals surface area contributed by atoms with Gasteiger partial charge in [0, 0.05) is 5.75 Å². The smallest absolute Gasteiger partial charge is 0.0739 e. The summed E-state index contributed by atoms with van der Waals surface area (Å²) in [6, 6.07) is 0. The number of nitrogen functional groups attached to an aromatic ring is 1. The van der Waals surface area contributed by atoms with Crippen molar-refractivity contribution in [3.63, 3.8) is 0 Å². The number of hydrogen-bond donors (Lipinski definition) is 2. The van der Waals surface area contributed by atoms with E-state index in [4.69, 9.17) is 5.73 Å². The molecule has 0 atom stereocenters. The number of thioether (sulfide) groups is 1. The molecule has 1 rings (SSSR count). The molecule has 0 spiro atoms. The molecule has 0 aliphatic rings. The third kappa shape index (κ3) is 1.38. The van der Waals surface area contributed by atoms with Gasteiger partial charge in [-0.3, -0.25) is 5.10 Å². The SMILES string of the molecule is CSCc1[nH]ncc1N. The minimum atomic E-state index is 0.754. The van der Waals surface area contributed by atoms with Gasteiger partial charge in [0.2, 0.25) is 0 Å². The molecule has 50 valence electrons. The largest absolute Gasteiger partial charge is 0.396 e. The van der Waals surface area contributed by atoms with Gasteiger partial charge in [-0.1, -0.05) is 0 Å². The average Bonchev–Trinajstić information content (AvgIpc) is 2.18. The van der Waals surface area contributed by atoms with Crippen molar-refractivity contribution in [3.05, 3.63) is 11.9 Å². The van der Waals surface area contributed by atoms with Gasteiger partial charge in [0.1, 0.15) is 0 Å². The zero-order chi connectivity index (χ0) is 6.69. The zero-order valence-corrected chi connectivity index (χ0v) is 6.03. The number of nitrogens with zero attached hydrogens (tertiary/aromatic N) is 1. The van der Waals surface area contributed by atoms with Crippen LogP contribution < -0.4 is 5.73 Å². The van der Waals surface area contributed by atoms with E-state index in [1.807, 2.05) is 6.26 Å². The van der Waals surface area contributed by atoms with Crippen LogP contribution in [0.2, 0.25) is 0 Å². The normalized spacial score (nSPS) is 9.89. The first-order valence-electron chi connectivity index (χ1n) is 2.61. The van der Waals surface area contributed by atoms with Gasteiger partial charge in [-0.2, -0.15) is 16.9 Å². The highest BCUT2D eigenvalue weighted by Gasteiger charge is 1.96. The second-order valence-corrected chi connectivity index (χ2v) is 2.60. The van der Waals surface area contributed by atoms with Crippen LogP contribution in [0.5, 0.6) is 0 Å². The average molecular weight is 143 g/mol. The molecule has 1 aromatic heterocycles. The number of anilines is 1. The second-order valence-electron chi connectivity index (χ2n) is 1.74. The molecule has 0 aliphatic carbocycles. The maximum Gasteiger partial charge on any atom is 0.0739 e. The van der Waals surface area contributed by atoms with Gasteiger partial charge in [0.15, 0.2) is 0 Å². The van der Waals surface area contributed by atoms with Gasteiger partial charge in [-0.05, 0) is 6.26 Å². The minimum Gasteiger partial charge on any atom is -0.396 e. The van der Waals surface area contributed by atoms with E-state index in [1.165, 1.54) is 0 Å².